The van der Waals surface area contributed by atoms with Crippen LogP contribution in [0, 0.1) is 3.57 Å². The number of carbonyl (C=O) groups excluding carboxylic acids is 1. The molecule has 0 saturated carbocycles. The number of hydrogen-bond acceptors (Lipinski definition) is 5. The van der Waals surface area contributed by atoms with E-state index in [1.807, 2.05) is 83.2 Å². The molecule has 1 saturated heterocycles. The maximum Gasteiger partial charge on any atom is 0.266 e. The van der Waals surface area contributed by atoms with Crippen molar-refractivity contribution in [2.24, 2.45) is 4.99 Å². The molecule has 0 aliphatic carbocycles. The number of benzene rings is 2. The first kappa shape index (κ1) is 24.6. The third-order valence-electron chi connectivity index (χ3n) is 4.58. The van der Waals surface area contributed by atoms with Crippen LogP contribution in [0.15, 0.2) is 52.4 Å². The van der Waals surface area contributed by atoms with E-state index in [1.165, 1.54) is 11.8 Å². The summed E-state index contributed by atoms with van der Waals surface area (Å²) in [4.78, 5) is 20.1. The standard InChI is InChI=1S/C25H29IN2O3S/c1-6-30-21-13-19(12-20(26)23(21)31-15-18-10-8-7-9-11-18)14-22-24(29)28(17(4)5)25(32-22)27-16(2)3/h7-14,16-17H,6,15H2,1-5H3/b22-14+,27-25?. The molecule has 0 radical (unpaired) electrons. The molecule has 1 aliphatic heterocycles. The summed E-state index contributed by atoms with van der Waals surface area (Å²) in [6.07, 6.45) is 1.91. The number of nitrogens with zero attached hydrogens (tertiary/aromatic N) is 2. The van der Waals surface area contributed by atoms with Crippen LogP contribution in [0.5, 0.6) is 11.5 Å². The summed E-state index contributed by atoms with van der Waals surface area (Å²) in [7, 11) is 0. The summed E-state index contributed by atoms with van der Waals surface area (Å²) in [5.41, 5.74) is 1.99. The number of rotatable bonds is 8. The molecule has 32 heavy (non-hydrogen) atoms. The average molecular weight is 564 g/mol. The van der Waals surface area contributed by atoms with E-state index in [-0.39, 0.29) is 18.0 Å². The number of amidine groups is 1. The van der Waals surface area contributed by atoms with E-state index >= 15 is 0 Å². The summed E-state index contributed by atoms with van der Waals surface area (Å²) < 4.78 is 12.9. The van der Waals surface area contributed by atoms with Gasteiger partial charge in [-0.1, -0.05) is 30.3 Å². The maximum absolute atomic E-state index is 13.1. The quantitative estimate of drug-likeness (QED) is 0.277. The molecule has 0 spiro atoms. The second-order valence-electron chi connectivity index (χ2n) is 7.92. The van der Waals surface area contributed by atoms with Crippen LogP contribution in [-0.4, -0.2) is 34.7 Å². The third-order valence-corrected chi connectivity index (χ3v) is 6.38. The van der Waals surface area contributed by atoms with Crippen molar-refractivity contribution < 1.29 is 14.3 Å². The second-order valence-corrected chi connectivity index (χ2v) is 10.1. The van der Waals surface area contributed by atoms with E-state index in [9.17, 15) is 4.79 Å². The SMILES string of the molecule is CCOc1cc(/C=C2/SC(=NC(C)C)N(C(C)C)C2=O)cc(I)c1OCc1ccccc1. The van der Waals surface area contributed by atoms with Crippen LogP contribution in [0.1, 0.15) is 45.7 Å². The minimum atomic E-state index is -0.0122. The fourth-order valence-electron chi connectivity index (χ4n) is 3.21. The zero-order valence-corrected chi connectivity index (χ0v) is 22.1. The van der Waals surface area contributed by atoms with Crippen molar-refractivity contribution in [3.05, 3.63) is 62.1 Å². The molecule has 3 rings (SSSR count). The molecule has 2 aromatic carbocycles. The molecule has 0 bridgehead atoms. The zero-order valence-electron chi connectivity index (χ0n) is 19.1. The third kappa shape index (κ3) is 6.07. The Bertz CT molecular complexity index is 1020. The topological polar surface area (TPSA) is 51.1 Å². The van der Waals surface area contributed by atoms with E-state index in [0.29, 0.717) is 23.9 Å². The Kier molecular flexibility index (Phi) is 8.64. The number of carbonyl (C=O) groups is 1. The van der Waals surface area contributed by atoms with Gasteiger partial charge in [-0.05, 0) is 98.3 Å². The van der Waals surface area contributed by atoms with E-state index < -0.39 is 0 Å². The van der Waals surface area contributed by atoms with Gasteiger partial charge in [-0.15, -0.1) is 0 Å². The predicted molar refractivity (Wildman–Crippen MR) is 141 cm³/mol. The molecular formula is C25H29IN2O3S. The van der Waals surface area contributed by atoms with Crippen molar-refractivity contribution in [1.82, 2.24) is 4.90 Å². The highest BCUT2D eigenvalue weighted by atomic mass is 127. The Morgan fingerprint density at radius 2 is 1.84 bits per heavy atom. The Balaban J connectivity index is 1.91. The summed E-state index contributed by atoms with van der Waals surface area (Å²) in [6, 6.07) is 14.2. The fraction of sp³-hybridized carbons (Fsp3) is 0.360. The van der Waals surface area contributed by atoms with Crippen molar-refractivity contribution in [3.63, 3.8) is 0 Å². The van der Waals surface area contributed by atoms with Gasteiger partial charge in [0.1, 0.15) is 6.61 Å². The van der Waals surface area contributed by atoms with Gasteiger partial charge in [0, 0.05) is 12.1 Å². The normalized spacial score (nSPS) is 16.6. The van der Waals surface area contributed by atoms with Crippen LogP contribution in [-0.2, 0) is 11.4 Å². The van der Waals surface area contributed by atoms with Crippen molar-refractivity contribution in [1.29, 1.82) is 0 Å². The first-order valence-corrected chi connectivity index (χ1v) is 12.6. The Hall–Kier alpha value is -2.00. The van der Waals surface area contributed by atoms with E-state index in [0.717, 1.165) is 25.6 Å². The molecule has 0 aromatic heterocycles. The number of halogens is 1. The lowest BCUT2D eigenvalue weighted by molar-refractivity contribution is -0.123. The summed E-state index contributed by atoms with van der Waals surface area (Å²) in [6.45, 7) is 11.0. The Morgan fingerprint density at radius 3 is 2.47 bits per heavy atom. The Labute approximate surface area is 208 Å². The molecule has 5 nitrogen and oxygen atoms in total. The van der Waals surface area contributed by atoms with Crippen molar-refractivity contribution in [2.45, 2.75) is 53.3 Å². The van der Waals surface area contributed by atoms with Gasteiger partial charge in [-0.25, -0.2) is 0 Å². The minimum Gasteiger partial charge on any atom is -0.490 e. The molecule has 1 fully saturated rings. The van der Waals surface area contributed by atoms with E-state index in [2.05, 4.69) is 27.6 Å². The molecule has 2 aromatic rings. The molecule has 7 heteroatoms. The van der Waals surface area contributed by atoms with Gasteiger partial charge in [0.2, 0.25) is 0 Å². The fourth-order valence-corrected chi connectivity index (χ4v) is 5.22. The van der Waals surface area contributed by atoms with Gasteiger partial charge in [-0.2, -0.15) is 0 Å². The Morgan fingerprint density at radius 1 is 1.12 bits per heavy atom. The molecule has 0 N–H and O–H groups in total. The first-order chi connectivity index (χ1) is 15.3. The van der Waals surface area contributed by atoms with Crippen molar-refractivity contribution in [2.75, 3.05) is 6.61 Å². The first-order valence-electron chi connectivity index (χ1n) is 10.7. The van der Waals surface area contributed by atoms with Crippen LogP contribution < -0.4 is 9.47 Å². The highest BCUT2D eigenvalue weighted by molar-refractivity contribution is 14.1. The number of aliphatic imine (C=N–C) groups is 1. The number of thioether (sulfide) groups is 1. The number of amides is 1. The largest absolute Gasteiger partial charge is 0.490 e. The van der Waals surface area contributed by atoms with E-state index in [1.54, 1.807) is 4.90 Å². The van der Waals surface area contributed by atoms with Gasteiger partial charge in [0.05, 0.1) is 15.1 Å². The lowest BCUT2D eigenvalue weighted by Crippen LogP contribution is -2.35. The minimum absolute atomic E-state index is 0.0122. The van der Waals surface area contributed by atoms with Crippen LogP contribution in [0.3, 0.4) is 0 Å². The molecule has 0 unspecified atom stereocenters. The molecular weight excluding hydrogens is 535 g/mol. The number of ether oxygens (including phenoxy) is 2. The van der Waals surface area contributed by atoms with Crippen molar-refractivity contribution >= 4 is 51.5 Å². The van der Waals surface area contributed by atoms with Crippen LogP contribution in [0.25, 0.3) is 6.08 Å². The van der Waals surface area contributed by atoms with Crippen LogP contribution in [0.2, 0.25) is 0 Å². The van der Waals surface area contributed by atoms with Gasteiger partial charge < -0.3 is 9.47 Å². The molecule has 170 valence electrons. The van der Waals surface area contributed by atoms with E-state index in [4.69, 9.17) is 9.47 Å². The smallest absolute Gasteiger partial charge is 0.266 e. The predicted octanol–water partition coefficient (Wildman–Crippen LogP) is 6.36. The summed E-state index contributed by atoms with van der Waals surface area (Å²) in [5, 5.41) is 0.758. The summed E-state index contributed by atoms with van der Waals surface area (Å²) >= 11 is 3.69. The van der Waals surface area contributed by atoms with Gasteiger partial charge in [-0.3, -0.25) is 14.7 Å². The summed E-state index contributed by atoms with van der Waals surface area (Å²) in [5.74, 6) is 1.38. The zero-order chi connectivity index (χ0) is 23.3. The average Bonchev–Trinajstić information content (AvgIpc) is 3.02. The van der Waals surface area contributed by atoms with Gasteiger partial charge >= 0.3 is 0 Å². The molecule has 1 aliphatic rings. The van der Waals surface area contributed by atoms with Crippen LogP contribution >= 0.6 is 34.4 Å². The highest BCUT2D eigenvalue weighted by Gasteiger charge is 2.35. The van der Waals surface area contributed by atoms with Crippen molar-refractivity contribution in [3.8, 4) is 11.5 Å². The monoisotopic (exact) mass is 564 g/mol. The van der Waals surface area contributed by atoms with Gasteiger partial charge in [0.25, 0.3) is 5.91 Å². The van der Waals surface area contributed by atoms with Gasteiger partial charge in [0.15, 0.2) is 16.7 Å². The lowest BCUT2D eigenvalue weighted by Gasteiger charge is -2.20. The molecule has 1 amide bonds. The maximum atomic E-state index is 13.1. The number of hydrogen-bond donors (Lipinski definition) is 0. The molecule has 1 heterocycles. The molecule has 0 atom stereocenters. The lowest BCUT2D eigenvalue weighted by atomic mass is 10.1. The highest BCUT2D eigenvalue weighted by Crippen LogP contribution is 2.38. The second kappa shape index (κ2) is 11.2. The van der Waals surface area contributed by atoms with Crippen LogP contribution in [0.4, 0.5) is 0 Å².